The maximum Gasteiger partial charge on any atom is 0.288 e. The normalized spacial score (nSPS) is 12.0. The van der Waals surface area contributed by atoms with Crippen molar-refractivity contribution in [1.82, 2.24) is 0 Å². The summed E-state index contributed by atoms with van der Waals surface area (Å²) in [4.78, 5) is 10.0. The van der Waals surface area contributed by atoms with E-state index in [1.54, 1.807) is 13.0 Å². The second-order valence-corrected chi connectivity index (χ2v) is 4.86. The largest absolute Gasteiger partial charge is 0.454 e. The zero-order chi connectivity index (χ0) is 15.6. The topological polar surface area (TPSA) is 78.4 Å². The van der Waals surface area contributed by atoms with Crippen molar-refractivity contribution in [3.8, 4) is 11.5 Å². The Labute approximate surface area is 125 Å². The molecule has 0 radical (unpaired) electrons. The Morgan fingerprint density at radius 3 is 2.57 bits per heavy atom. The van der Waals surface area contributed by atoms with Gasteiger partial charge in [-0.3, -0.25) is 10.1 Å². The van der Waals surface area contributed by atoms with E-state index in [9.17, 15) is 14.5 Å². The summed E-state index contributed by atoms with van der Waals surface area (Å²) in [6.07, 6.45) is 0. The Hall–Kier alpha value is -2.18. The molecule has 0 aliphatic heterocycles. The Morgan fingerprint density at radius 1 is 1.33 bits per heavy atom. The van der Waals surface area contributed by atoms with E-state index in [4.69, 9.17) is 22.1 Å². The maximum absolute atomic E-state index is 13.9. The second-order valence-electron chi connectivity index (χ2n) is 4.45. The summed E-state index contributed by atoms with van der Waals surface area (Å²) in [7, 11) is 0. The zero-order valence-electron chi connectivity index (χ0n) is 11.0. The van der Waals surface area contributed by atoms with Crippen LogP contribution in [0.4, 0.5) is 10.1 Å². The summed E-state index contributed by atoms with van der Waals surface area (Å²) in [6, 6.07) is 7.90. The number of rotatable bonds is 4. The number of benzene rings is 2. The number of ether oxygens (including phenoxy) is 1. The Kier molecular flexibility index (Phi) is 4.40. The highest BCUT2D eigenvalue weighted by atomic mass is 35.5. The van der Waals surface area contributed by atoms with Crippen LogP contribution in [0.15, 0.2) is 36.4 Å². The van der Waals surface area contributed by atoms with Gasteiger partial charge in [0, 0.05) is 18.2 Å². The van der Waals surface area contributed by atoms with E-state index in [1.807, 2.05) is 0 Å². The van der Waals surface area contributed by atoms with Gasteiger partial charge >= 0.3 is 0 Å². The lowest BCUT2D eigenvalue weighted by Crippen LogP contribution is -2.05. The molecule has 110 valence electrons. The van der Waals surface area contributed by atoms with Gasteiger partial charge in [-0.25, -0.2) is 4.39 Å². The molecular formula is C14H12ClFN2O3. The smallest absolute Gasteiger partial charge is 0.288 e. The maximum atomic E-state index is 13.9. The molecule has 0 bridgehead atoms. The van der Waals surface area contributed by atoms with Crippen molar-refractivity contribution in [3.63, 3.8) is 0 Å². The molecule has 21 heavy (non-hydrogen) atoms. The molecule has 2 N–H and O–H groups in total. The quantitative estimate of drug-likeness (QED) is 0.678. The molecule has 2 aromatic rings. The lowest BCUT2D eigenvalue weighted by atomic mass is 10.1. The first-order valence-electron chi connectivity index (χ1n) is 6.05. The van der Waals surface area contributed by atoms with Gasteiger partial charge in [0.15, 0.2) is 11.6 Å². The van der Waals surface area contributed by atoms with Crippen molar-refractivity contribution in [1.29, 1.82) is 0 Å². The number of nitrogens with zero attached hydrogens (tertiary/aromatic N) is 1. The van der Waals surface area contributed by atoms with Crippen LogP contribution in [0.25, 0.3) is 0 Å². The third-order valence-corrected chi connectivity index (χ3v) is 3.13. The van der Waals surface area contributed by atoms with Crippen LogP contribution in [0, 0.1) is 15.9 Å². The molecule has 0 saturated heterocycles. The molecule has 0 saturated carbocycles. The number of nitro benzene ring substituents is 1. The van der Waals surface area contributed by atoms with E-state index in [2.05, 4.69) is 0 Å². The van der Waals surface area contributed by atoms with Gasteiger partial charge in [-0.2, -0.15) is 0 Å². The summed E-state index contributed by atoms with van der Waals surface area (Å²) in [5, 5.41) is 10.6. The van der Waals surface area contributed by atoms with E-state index >= 15 is 0 Å². The fourth-order valence-corrected chi connectivity index (χ4v) is 1.95. The van der Waals surface area contributed by atoms with Crippen LogP contribution in [0.5, 0.6) is 11.5 Å². The van der Waals surface area contributed by atoms with Crippen molar-refractivity contribution >= 4 is 17.3 Å². The molecule has 5 nitrogen and oxygen atoms in total. The summed E-state index contributed by atoms with van der Waals surface area (Å²) in [6.45, 7) is 1.74. The Morgan fingerprint density at radius 2 is 2.05 bits per heavy atom. The highest BCUT2D eigenvalue weighted by molar-refractivity contribution is 6.32. The molecule has 0 fully saturated rings. The average Bonchev–Trinajstić information content (AvgIpc) is 2.40. The highest BCUT2D eigenvalue weighted by Gasteiger charge is 2.14. The predicted molar refractivity (Wildman–Crippen MR) is 77.2 cm³/mol. The summed E-state index contributed by atoms with van der Waals surface area (Å²) < 4.78 is 19.2. The van der Waals surface area contributed by atoms with E-state index in [0.717, 1.165) is 0 Å². The minimum absolute atomic E-state index is 0.00989. The molecule has 2 aromatic carbocycles. The van der Waals surface area contributed by atoms with Gasteiger partial charge in [0.05, 0.1) is 4.92 Å². The molecule has 1 atom stereocenters. The first kappa shape index (κ1) is 15.2. The third kappa shape index (κ3) is 3.48. The average molecular weight is 311 g/mol. The van der Waals surface area contributed by atoms with Crippen molar-refractivity contribution in [3.05, 3.63) is 62.9 Å². The summed E-state index contributed by atoms with van der Waals surface area (Å²) in [5.41, 5.74) is 6.06. The fourth-order valence-electron chi connectivity index (χ4n) is 1.71. The number of halogens is 2. The Balaban J connectivity index is 2.26. The van der Waals surface area contributed by atoms with Crippen LogP contribution in [-0.4, -0.2) is 4.92 Å². The molecule has 0 aromatic heterocycles. The number of hydrogen-bond donors (Lipinski definition) is 1. The Bertz CT molecular complexity index is 692. The summed E-state index contributed by atoms with van der Waals surface area (Å²) >= 11 is 5.77. The fraction of sp³-hybridized carbons (Fsp3) is 0.143. The van der Waals surface area contributed by atoms with Crippen LogP contribution in [0.2, 0.25) is 5.02 Å². The molecule has 0 heterocycles. The van der Waals surface area contributed by atoms with E-state index in [0.29, 0.717) is 5.56 Å². The van der Waals surface area contributed by atoms with Crippen molar-refractivity contribution in [2.24, 2.45) is 5.73 Å². The number of nitro groups is 1. The SMILES string of the molecule is C[C@H](N)c1ccc(Oc2ccc([N+](=O)[O-])c(Cl)c2)c(F)c1. The molecule has 0 amide bonds. The molecule has 7 heteroatoms. The number of nitrogens with two attached hydrogens (primary N) is 1. The van der Waals surface area contributed by atoms with Crippen molar-refractivity contribution in [2.45, 2.75) is 13.0 Å². The van der Waals surface area contributed by atoms with Gasteiger partial charge in [0.2, 0.25) is 0 Å². The van der Waals surface area contributed by atoms with Gasteiger partial charge in [-0.15, -0.1) is 0 Å². The molecule has 0 unspecified atom stereocenters. The standard InChI is InChI=1S/C14H12ClFN2O3/c1-8(17)9-2-5-14(12(16)6-9)21-10-3-4-13(18(19)20)11(15)7-10/h2-8H,17H2,1H3/t8-/m0/s1. The second kappa shape index (κ2) is 6.07. The third-order valence-electron chi connectivity index (χ3n) is 2.83. The van der Waals surface area contributed by atoms with Gasteiger partial charge in [0.1, 0.15) is 10.8 Å². The van der Waals surface area contributed by atoms with Crippen LogP contribution in [0.1, 0.15) is 18.5 Å². The van der Waals surface area contributed by atoms with Crippen LogP contribution < -0.4 is 10.5 Å². The zero-order valence-corrected chi connectivity index (χ0v) is 11.8. The first-order valence-corrected chi connectivity index (χ1v) is 6.43. The minimum Gasteiger partial charge on any atom is -0.454 e. The monoisotopic (exact) mass is 310 g/mol. The van der Waals surface area contributed by atoms with E-state index in [-0.39, 0.29) is 28.3 Å². The number of hydrogen-bond acceptors (Lipinski definition) is 4. The minimum atomic E-state index is -0.607. The highest BCUT2D eigenvalue weighted by Crippen LogP contribution is 2.32. The molecule has 2 rings (SSSR count). The van der Waals surface area contributed by atoms with Crippen molar-refractivity contribution in [2.75, 3.05) is 0 Å². The molecule has 0 aliphatic carbocycles. The lowest BCUT2D eigenvalue weighted by molar-refractivity contribution is -0.384. The lowest BCUT2D eigenvalue weighted by Gasteiger charge is -2.10. The first-order chi connectivity index (χ1) is 9.88. The van der Waals surface area contributed by atoms with Gasteiger partial charge in [0.25, 0.3) is 5.69 Å². The predicted octanol–water partition coefficient (Wildman–Crippen LogP) is 4.20. The van der Waals surface area contributed by atoms with E-state index in [1.165, 1.54) is 30.3 Å². The van der Waals surface area contributed by atoms with Crippen LogP contribution >= 0.6 is 11.6 Å². The molecular weight excluding hydrogens is 299 g/mol. The molecule has 0 spiro atoms. The van der Waals surface area contributed by atoms with Gasteiger partial charge < -0.3 is 10.5 Å². The van der Waals surface area contributed by atoms with Crippen LogP contribution in [0.3, 0.4) is 0 Å². The van der Waals surface area contributed by atoms with Gasteiger partial charge in [-0.1, -0.05) is 17.7 Å². The van der Waals surface area contributed by atoms with Crippen molar-refractivity contribution < 1.29 is 14.1 Å². The van der Waals surface area contributed by atoms with Crippen LogP contribution in [-0.2, 0) is 0 Å². The molecule has 0 aliphatic rings. The van der Waals surface area contributed by atoms with E-state index < -0.39 is 10.7 Å². The van der Waals surface area contributed by atoms with Gasteiger partial charge in [-0.05, 0) is 30.7 Å². The summed E-state index contributed by atoms with van der Waals surface area (Å²) in [5.74, 6) is -0.373.